The highest BCUT2D eigenvalue weighted by atomic mass is 32.2. The van der Waals surface area contributed by atoms with Crippen LogP contribution in [0.4, 0.5) is 0 Å². The van der Waals surface area contributed by atoms with Crippen molar-refractivity contribution in [1.82, 2.24) is 22.7 Å². The van der Waals surface area contributed by atoms with Crippen LogP contribution in [0.5, 0.6) is 0 Å². The SMILES string of the molecule is Cc1ccc(S(=O)(=O)NC[C@@H]2[C@@H](OCc3ccccc3)[C@H](OCc3ccccc3)[C@H](Cn3cc(C4=C(c5cn([Si]OCC[Si](C)(C)C)c6ccccc56)C(=O)N(C)C4=O)c4ccccc43)N2S(=O)(=O)c2ccc(C)cc2)cc1. The van der Waals surface area contributed by atoms with Crippen molar-refractivity contribution in [3.05, 3.63) is 203 Å². The Kier molecular flexibility index (Phi) is 15.9. The van der Waals surface area contributed by atoms with Crippen molar-refractivity contribution < 1.29 is 40.3 Å². The van der Waals surface area contributed by atoms with Crippen LogP contribution in [0.25, 0.3) is 33.0 Å². The first-order chi connectivity index (χ1) is 37.4. The van der Waals surface area contributed by atoms with Gasteiger partial charge in [0.15, 0.2) is 0 Å². The Morgan fingerprint density at radius 1 is 0.590 bits per heavy atom. The molecule has 0 aliphatic carbocycles. The first-order valence-corrected chi connectivity index (χ1v) is 33.5. The number of para-hydroxylation sites is 2. The van der Waals surface area contributed by atoms with Crippen LogP contribution in [0.15, 0.2) is 180 Å². The van der Waals surface area contributed by atoms with Crippen molar-refractivity contribution in [3.8, 4) is 0 Å². The van der Waals surface area contributed by atoms with E-state index in [4.69, 9.17) is 13.9 Å². The lowest BCUT2D eigenvalue weighted by Gasteiger charge is -2.31. The first-order valence-electron chi connectivity index (χ1n) is 26.0. The number of carbonyl (C=O) groups excluding carboxylic acids is 2. The fourth-order valence-corrected chi connectivity index (χ4v) is 15.0. The van der Waals surface area contributed by atoms with Crippen molar-refractivity contribution in [3.63, 3.8) is 0 Å². The standard InChI is InChI=1S/C60H63N5O9S2Si2/c1-41-25-29-45(30-26-41)75(68,69)61-35-53-57(72-39-43-17-9-7-10-18-43)58(73-40-44-19-11-8-12-20-44)54(65(53)76(70,71)46-31-27-42(2)28-32-46)38-63-36-49(47-21-13-15-23-51(47)63)55-56(60(67)62(3)59(55)66)50-37-64(52-24-16-14-22-48(50)52)77-74-33-34-78(4,5)6/h7-32,36-37,53-54,57-58,61H,33-35,38-40H2,1-6H3/t53-,54+,57-,58-/m1/s1. The molecule has 4 atom stereocenters. The number of aromatic nitrogens is 2. The van der Waals surface area contributed by atoms with Gasteiger partial charge >= 0.3 is 9.92 Å². The predicted molar refractivity (Wildman–Crippen MR) is 308 cm³/mol. The maximum absolute atomic E-state index is 15.8. The van der Waals surface area contributed by atoms with E-state index in [1.165, 1.54) is 23.5 Å². The van der Waals surface area contributed by atoms with Crippen molar-refractivity contribution >= 4 is 82.8 Å². The van der Waals surface area contributed by atoms with E-state index in [1.807, 2.05) is 144 Å². The zero-order valence-electron chi connectivity index (χ0n) is 44.5. The maximum Gasteiger partial charge on any atom is 0.386 e. The Hall–Kier alpha value is -6.59. The minimum atomic E-state index is -4.51. The molecule has 1 N–H and O–H groups in total. The van der Waals surface area contributed by atoms with Crippen LogP contribution in [0.1, 0.15) is 33.4 Å². The maximum atomic E-state index is 15.8. The van der Waals surface area contributed by atoms with Gasteiger partial charge in [0.1, 0.15) is 12.2 Å². The van der Waals surface area contributed by atoms with Crippen LogP contribution < -0.4 is 4.72 Å². The third-order valence-electron chi connectivity index (χ3n) is 14.5. The summed E-state index contributed by atoms with van der Waals surface area (Å²) >= 11 is 0. The molecule has 1 fully saturated rings. The molecular formula is C60H63N5O9S2Si2. The summed E-state index contributed by atoms with van der Waals surface area (Å²) in [4.78, 5) is 30.5. The summed E-state index contributed by atoms with van der Waals surface area (Å²) in [6, 6.07) is 46.1. The molecule has 2 radical (unpaired) electrons. The molecule has 2 aliphatic heterocycles. The molecule has 14 nitrogen and oxygen atoms in total. The van der Waals surface area contributed by atoms with E-state index in [9.17, 15) is 18.0 Å². The number of nitrogens with zero attached hydrogens (tertiary/aromatic N) is 4. The molecule has 0 saturated carbocycles. The van der Waals surface area contributed by atoms with Gasteiger partial charge in [0.2, 0.25) is 20.0 Å². The number of rotatable bonds is 21. The lowest BCUT2D eigenvalue weighted by molar-refractivity contribution is -0.134. The van der Waals surface area contributed by atoms with Gasteiger partial charge in [0, 0.05) is 80.1 Å². The van der Waals surface area contributed by atoms with Crippen LogP contribution in [0.2, 0.25) is 25.7 Å². The van der Waals surface area contributed by atoms with Gasteiger partial charge in [0.05, 0.1) is 46.2 Å². The summed E-state index contributed by atoms with van der Waals surface area (Å²) < 4.78 is 88.3. The summed E-state index contributed by atoms with van der Waals surface area (Å²) in [6.45, 7) is 11.0. The van der Waals surface area contributed by atoms with E-state index in [0.29, 0.717) is 28.6 Å². The molecule has 4 heterocycles. The Bertz CT molecular complexity index is 3750. The second kappa shape index (κ2) is 22.6. The van der Waals surface area contributed by atoms with Gasteiger partial charge in [0.25, 0.3) is 11.8 Å². The predicted octanol–water partition coefficient (Wildman–Crippen LogP) is 9.45. The molecule has 0 unspecified atom stereocenters. The largest absolute Gasteiger partial charge is 0.398 e. The Balaban J connectivity index is 1.13. The van der Waals surface area contributed by atoms with E-state index in [2.05, 4.69) is 24.4 Å². The number of fused-ring (bicyclic) bond motifs is 2. The van der Waals surface area contributed by atoms with Crippen LogP contribution in [-0.4, -0.2) is 109 Å². The number of amides is 2. The number of hydrogen-bond acceptors (Lipinski definition) is 9. The molecule has 6 aromatic carbocycles. The fraction of sp³-hybridized carbons (Fsp3) is 0.267. The molecule has 2 amide bonds. The van der Waals surface area contributed by atoms with Gasteiger partial charge in [-0.1, -0.05) is 152 Å². The topological polar surface area (TPSA) is 158 Å². The molecule has 0 bridgehead atoms. The van der Waals surface area contributed by atoms with E-state index in [-0.39, 0.29) is 57.2 Å². The van der Waals surface area contributed by atoms with Crippen LogP contribution >= 0.6 is 0 Å². The highest BCUT2D eigenvalue weighted by molar-refractivity contribution is 7.89. The third kappa shape index (κ3) is 11.3. The van der Waals surface area contributed by atoms with E-state index < -0.39 is 64.2 Å². The van der Waals surface area contributed by atoms with Crippen molar-refractivity contribution in [2.75, 3.05) is 20.2 Å². The van der Waals surface area contributed by atoms with Crippen molar-refractivity contribution in [2.24, 2.45) is 0 Å². The van der Waals surface area contributed by atoms with E-state index in [1.54, 1.807) is 36.4 Å². The molecule has 2 aliphatic rings. The molecule has 402 valence electrons. The summed E-state index contributed by atoms with van der Waals surface area (Å²) in [6.07, 6.45) is 1.67. The Morgan fingerprint density at radius 3 is 1.64 bits per heavy atom. The first kappa shape index (κ1) is 54.8. The zero-order valence-corrected chi connectivity index (χ0v) is 48.1. The summed E-state index contributed by atoms with van der Waals surface area (Å²) in [5.74, 6) is -0.931. The number of aryl methyl sites for hydroxylation is 2. The number of likely N-dealkylation sites (N-methyl/N-ethyl adjacent to an activating group) is 1. The van der Waals surface area contributed by atoms with E-state index >= 15 is 8.42 Å². The number of benzene rings is 6. The van der Waals surface area contributed by atoms with Crippen molar-refractivity contribution in [2.45, 2.75) is 93.4 Å². The fourth-order valence-electron chi connectivity index (χ4n) is 10.4. The number of carbonyl (C=O) groups is 2. The van der Waals surface area contributed by atoms with Gasteiger partial charge in [-0.3, -0.25) is 14.5 Å². The van der Waals surface area contributed by atoms with Gasteiger partial charge in [-0.05, 0) is 67.4 Å². The molecule has 2 aromatic heterocycles. The van der Waals surface area contributed by atoms with Gasteiger partial charge in [-0.25, -0.2) is 21.6 Å². The molecule has 10 rings (SSSR count). The average molecular weight is 1120 g/mol. The molecule has 18 heteroatoms. The normalized spacial score (nSPS) is 18.6. The van der Waals surface area contributed by atoms with Crippen LogP contribution in [-0.2, 0) is 63.3 Å². The number of imide groups is 1. The minimum absolute atomic E-state index is 0.00203. The smallest absolute Gasteiger partial charge is 0.386 e. The molecule has 1 saturated heterocycles. The second-order valence-electron chi connectivity index (χ2n) is 21.3. The molecule has 0 spiro atoms. The van der Waals surface area contributed by atoms with E-state index in [0.717, 1.165) is 44.1 Å². The summed E-state index contributed by atoms with van der Waals surface area (Å²) in [5, 5.41) is 1.45. The number of hydrogen-bond donors (Lipinski definition) is 1. The quantitative estimate of drug-likeness (QED) is 0.0421. The molecule has 78 heavy (non-hydrogen) atoms. The molecular weight excluding hydrogens is 1050 g/mol. The average Bonchev–Trinajstić information content (AvgIpc) is 4.24. The van der Waals surface area contributed by atoms with Crippen LogP contribution in [0.3, 0.4) is 0 Å². The Labute approximate surface area is 460 Å². The number of nitrogens with one attached hydrogen (secondary N) is 1. The van der Waals surface area contributed by atoms with Gasteiger partial charge < -0.3 is 22.7 Å². The van der Waals surface area contributed by atoms with Gasteiger partial charge in [-0.2, -0.15) is 4.31 Å². The minimum Gasteiger partial charge on any atom is -0.398 e. The lowest BCUT2D eigenvalue weighted by Crippen LogP contribution is -2.50. The summed E-state index contributed by atoms with van der Waals surface area (Å²) in [5.41, 5.74) is 6.44. The highest BCUT2D eigenvalue weighted by Gasteiger charge is 2.56. The zero-order chi connectivity index (χ0) is 54.9. The number of ether oxygens (including phenoxy) is 2. The highest BCUT2D eigenvalue weighted by Crippen LogP contribution is 2.43. The summed E-state index contributed by atoms with van der Waals surface area (Å²) in [7, 11) is -8.64. The monoisotopic (exact) mass is 1120 g/mol. The van der Waals surface area contributed by atoms with Crippen LogP contribution in [0, 0.1) is 13.8 Å². The third-order valence-corrected chi connectivity index (χ3v) is 20.6. The molecule has 8 aromatic rings. The lowest BCUT2D eigenvalue weighted by atomic mass is 9.95. The van der Waals surface area contributed by atoms with Crippen molar-refractivity contribution in [1.29, 1.82) is 0 Å². The van der Waals surface area contributed by atoms with Gasteiger partial charge in [-0.15, -0.1) is 0 Å². The number of sulfonamides is 2. The second-order valence-corrected chi connectivity index (χ2v) is 31.5. The Morgan fingerprint density at radius 2 is 1.08 bits per heavy atom.